The van der Waals surface area contributed by atoms with Crippen LogP contribution in [0.1, 0.15) is 41.8 Å². The fraction of sp³-hybridized carbons (Fsp3) is 0.243. The zero-order valence-corrected chi connectivity index (χ0v) is 25.5. The van der Waals surface area contributed by atoms with Crippen molar-refractivity contribution < 1.29 is 33.4 Å². The highest BCUT2D eigenvalue weighted by molar-refractivity contribution is 5.95. The molecule has 9 nitrogen and oxygen atoms in total. The molecule has 0 spiro atoms. The monoisotopic (exact) mass is 620 g/mol. The first kappa shape index (κ1) is 32.0. The molecule has 3 atom stereocenters. The van der Waals surface area contributed by atoms with E-state index < -0.39 is 48.2 Å². The van der Waals surface area contributed by atoms with Crippen molar-refractivity contribution in [3.05, 3.63) is 144 Å². The molecule has 1 aliphatic rings. The smallest absolute Gasteiger partial charge is 0.414 e. The van der Waals surface area contributed by atoms with E-state index in [1.54, 1.807) is 31.2 Å². The summed E-state index contributed by atoms with van der Waals surface area (Å²) in [5, 5.41) is 2.78. The molecule has 0 bridgehead atoms. The van der Waals surface area contributed by atoms with E-state index in [-0.39, 0.29) is 26.1 Å². The Morgan fingerprint density at radius 2 is 1.33 bits per heavy atom. The molecule has 4 aromatic carbocycles. The molecule has 1 aliphatic heterocycles. The zero-order valence-electron chi connectivity index (χ0n) is 25.5. The van der Waals surface area contributed by atoms with Gasteiger partial charge >= 0.3 is 18.0 Å². The van der Waals surface area contributed by atoms with Crippen LogP contribution in [0.5, 0.6) is 0 Å². The van der Waals surface area contributed by atoms with Crippen molar-refractivity contribution in [2.24, 2.45) is 0 Å². The van der Waals surface area contributed by atoms with Crippen molar-refractivity contribution in [3.8, 4) is 0 Å². The number of cyclic esters (lactones) is 1. The molecule has 0 aromatic heterocycles. The Kier molecular flexibility index (Phi) is 10.4. The summed E-state index contributed by atoms with van der Waals surface area (Å²) in [6.45, 7) is 1.76. The fourth-order valence-corrected chi connectivity index (χ4v) is 5.59. The molecule has 9 heteroatoms. The third kappa shape index (κ3) is 7.61. The average molecular weight is 621 g/mol. The molecule has 46 heavy (non-hydrogen) atoms. The maximum absolute atomic E-state index is 14.1. The fourth-order valence-electron chi connectivity index (χ4n) is 5.59. The zero-order chi connectivity index (χ0) is 32.4. The van der Waals surface area contributed by atoms with Gasteiger partial charge in [-0.3, -0.25) is 9.69 Å². The summed E-state index contributed by atoms with van der Waals surface area (Å²) in [5.41, 5.74) is 1.01. The second kappa shape index (κ2) is 15.0. The number of hydrogen-bond donors (Lipinski definition) is 1. The van der Waals surface area contributed by atoms with E-state index in [0.717, 1.165) is 11.1 Å². The van der Waals surface area contributed by atoms with Crippen LogP contribution >= 0.6 is 0 Å². The molecule has 2 amide bonds. The SMILES string of the molecule is CCOC(=O)[C@H](Cc1ccccc1)NC(=O)C[C@]1(Cc2ccccc2)C(=O)O[C@@H](c2ccccc2)N1C(=O)OCc1ccccc1. The Balaban J connectivity index is 1.51. The van der Waals surface area contributed by atoms with Crippen molar-refractivity contribution in [1.82, 2.24) is 10.2 Å². The summed E-state index contributed by atoms with van der Waals surface area (Å²) < 4.78 is 17.0. The van der Waals surface area contributed by atoms with Gasteiger partial charge in [-0.15, -0.1) is 0 Å². The van der Waals surface area contributed by atoms with Gasteiger partial charge in [0.15, 0.2) is 5.54 Å². The average Bonchev–Trinajstić information content (AvgIpc) is 3.35. The van der Waals surface area contributed by atoms with Crippen LogP contribution in [-0.2, 0) is 48.0 Å². The minimum Gasteiger partial charge on any atom is -0.464 e. The lowest BCUT2D eigenvalue weighted by molar-refractivity contribution is -0.148. The molecule has 236 valence electrons. The topological polar surface area (TPSA) is 111 Å². The van der Waals surface area contributed by atoms with Crippen molar-refractivity contribution in [2.45, 2.75) is 50.6 Å². The summed E-state index contributed by atoms with van der Waals surface area (Å²) in [5.74, 6) is -1.99. The molecule has 0 aliphatic carbocycles. The van der Waals surface area contributed by atoms with Gasteiger partial charge < -0.3 is 19.5 Å². The number of nitrogens with one attached hydrogen (secondary N) is 1. The number of nitrogens with zero attached hydrogens (tertiary/aromatic N) is 1. The van der Waals surface area contributed by atoms with Crippen LogP contribution in [0.15, 0.2) is 121 Å². The molecule has 0 radical (unpaired) electrons. The molecule has 1 fully saturated rings. The minimum atomic E-state index is -1.80. The van der Waals surface area contributed by atoms with Gasteiger partial charge in [-0.25, -0.2) is 14.4 Å². The molecule has 1 heterocycles. The quantitative estimate of drug-likeness (QED) is 0.164. The Labute approximate surface area is 268 Å². The molecule has 0 unspecified atom stereocenters. The number of hydrogen-bond acceptors (Lipinski definition) is 7. The van der Waals surface area contributed by atoms with Gasteiger partial charge in [-0.1, -0.05) is 121 Å². The lowest BCUT2D eigenvalue weighted by Gasteiger charge is -2.35. The van der Waals surface area contributed by atoms with Crippen molar-refractivity contribution in [1.29, 1.82) is 0 Å². The van der Waals surface area contributed by atoms with E-state index in [4.69, 9.17) is 14.2 Å². The van der Waals surface area contributed by atoms with Crippen molar-refractivity contribution in [3.63, 3.8) is 0 Å². The van der Waals surface area contributed by atoms with E-state index in [2.05, 4.69) is 5.32 Å². The number of carbonyl (C=O) groups is 4. The van der Waals surface area contributed by atoms with Gasteiger partial charge in [0.2, 0.25) is 12.1 Å². The standard InChI is InChI=1S/C37H36N2O7/c1-2-44-34(41)31(23-27-15-7-3-8-16-27)38-32(40)25-37(24-28-17-9-4-10-18-28)35(42)46-33(30-21-13-6-14-22-30)39(37)36(43)45-26-29-19-11-5-12-20-29/h3-22,31,33H,2,23-26H2,1H3,(H,38,40)/t31-,33-,37+/m0/s1. The number of ether oxygens (including phenoxy) is 3. The number of amides is 2. The highest BCUT2D eigenvalue weighted by Crippen LogP contribution is 2.43. The molecular weight excluding hydrogens is 584 g/mol. The Morgan fingerprint density at radius 1 is 0.783 bits per heavy atom. The van der Waals surface area contributed by atoms with Gasteiger partial charge in [0.05, 0.1) is 13.0 Å². The molecule has 5 rings (SSSR count). The van der Waals surface area contributed by atoms with E-state index >= 15 is 0 Å². The van der Waals surface area contributed by atoms with Crippen LogP contribution in [0, 0.1) is 0 Å². The third-order valence-electron chi connectivity index (χ3n) is 7.76. The summed E-state index contributed by atoms with van der Waals surface area (Å²) >= 11 is 0. The van der Waals surface area contributed by atoms with Crippen LogP contribution < -0.4 is 5.32 Å². The highest BCUT2D eigenvalue weighted by atomic mass is 16.6. The van der Waals surface area contributed by atoms with Crippen LogP contribution in [0.25, 0.3) is 0 Å². The molecule has 4 aromatic rings. The molecular formula is C37H36N2O7. The number of rotatable bonds is 12. The van der Waals surface area contributed by atoms with Crippen LogP contribution in [0.4, 0.5) is 4.79 Å². The molecule has 1 saturated heterocycles. The van der Waals surface area contributed by atoms with E-state index in [1.807, 2.05) is 97.1 Å². The highest BCUT2D eigenvalue weighted by Gasteiger charge is 2.60. The first-order valence-electron chi connectivity index (χ1n) is 15.2. The molecule has 0 saturated carbocycles. The first-order chi connectivity index (χ1) is 22.4. The van der Waals surface area contributed by atoms with Gasteiger partial charge in [0, 0.05) is 18.4 Å². The van der Waals surface area contributed by atoms with E-state index in [1.165, 1.54) is 4.90 Å². The number of esters is 2. The first-order valence-corrected chi connectivity index (χ1v) is 15.2. The van der Waals surface area contributed by atoms with Crippen molar-refractivity contribution >= 4 is 23.9 Å². The van der Waals surface area contributed by atoms with Crippen LogP contribution in [-0.4, -0.2) is 47.0 Å². The largest absolute Gasteiger partial charge is 0.464 e. The minimum absolute atomic E-state index is 0.0351. The predicted octanol–water partition coefficient (Wildman–Crippen LogP) is 5.54. The lowest BCUT2D eigenvalue weighted by Crippen LogP contribution is -2.57. The van der Waals surface area contributed by atoms with Gasteiger partial charge in [0.25, 0.3) is 0 Å². The van der Waals surface area contributed by atoms with Crippen LogP contribution in [0.3, 0.4) is 0 Å². The molecule has 1 N–H and O–H groups in total. The summed E-state index contributed by atoms with van der Waals surface area (Å²) in [4.78, 5) is 56.3. The van der Waals surface area contributed by atoms with Crippen molar-refractivity contribution in [2.75, 3.05) is 6.61 Å². The van der Waals surface area contributed by atoms with Gasteiger partial charge in [-0.05, 0) is 23.6 Å². The summed E-state index contributed by atoms with van der Waals surface area (Å²) in [6.07, 6.45) is -2.32. The number of carbonyl (C=O) groups excluding carboxylic acids is 4. The van der Waals surface area contributed by atoms with Crippen LogP contribution in [0.2, 0.25) is 0 Å². The summed E-state index contributed by atoms with van der Waals surface area (Å²) in [7, 11) is 0. The second-order valence-electron chi connectivity index (χ2n) is 11.0. The lowest BCUT2D eigenvalue weighted by atomic mass is 9.85. The Morgan fingerprint density at radius 3 is 1.91 bits per heavy atom. The Hall–Kier alpha value is -5.44. The van der Waals surface area contributed by atoms with Gasteiger partial charge in [0.1, 0.15) is 12.6 Å². The van der Waals surface area contributed by atoms with E-state index in [9.17, 15) is 19.2 Å². The maximum Gasteiger partial charge on any atom is 0.414 e. The van der Waals surface area contributed by atoms with E-state index in [0.29, 0.717) is 11.1 Å². The number of benzene rings is 4. The van der Waals surface area contributed by atoms with Gasteiger partial charge in [-0.2, -0.15) is 0 Å². The summed E-state index contributed by atoms with van der Waals surface area (Å²) in [6, 6.07) is 35.3. The normalized spacial score (nSPS) is 17.9. The Bertz CT molecular complexity index is 1620. The second-order valence-corrected chi connectivity index (χ2v) is 11.0. The third-order valence-corrected chi connectivity index (χ3v) is 7.76. The predicted molar refractivity (Wildman–Crippen MR) is 170 cm³/mol. The maximum atomic E-state index is 14.1.